The van der Waals surface area contributed by atoms with Gasteiger partial charge in [0.25, 0.3) is 10.0 Å². The van der Waals surface area contributed by atoms with E-state index in [0.717, 1.165) is 36.2 Å². The number of rotatable bonds is 8. The third-order valence-electron chi connectivity index (χ3n) is 3.93. The van der Waals surface area contributed by atoms with E-state index in [-0.39, 0.29) is 10.7 Å². The van der Waals surface area contributed by atoms with Crippen molar-refractivity contribution in [2.45, 2.75) is 38.5 Å². The SMILES string of the molecule is CCCCNc1ccc(NS(=O)(=O)c2cc(C)c(C)cc2OC)nc1. The first kappa shape index (κ1) is 19.1. The summed E-state index contributed by atoms with van der Waals surface area (Å²) in [7, 11) is -2.33. The van der Waals surface area contributed by atoms with E-state index in [2.05, 4.69) is 21.9 Å². The van der Waals surface area contributed by atoms with Crippen molar-refractivity contribution in [1.29, 1.82) is 0 Å². The molecule has 2 rings (SSSR count). The maximum absolute atomic E-state index is 12.7. The van der Waals surface area contributed by atoms with Crippen molar-refractivity contribution in [2.24, 2.45) is 0 Å². The van der Waals surface area contributed by atoms with Crippen LogP contribution in [0.4, 0.5) is 11.5 Å². The predicted molar refractivity (Wildman–Crippen MR) is 101 cm³/mol. The van der Waals surface area contributed by atoms with Crippen molar-refractivity contribution in [1.82, 2.24) is 4.98 Å². The predicted octanol–water partition coefficient (Wildman–Crippen LogP) is 3.72. The molecule has 0 atom stereocenters. The molecule has 0 fully saturated rings. The summed E-state index contributed by atoms with van der Waals surface area (Å²) >= 11 is 0. The second-order valence-electron chi connectivity index (χ2n) is 5.91. The molecule has 2 aromatic rings. The fourth-order valence-corrected chi connectivity index (χ4v) is 3.54. The number of hydrogen-bond donors (Lipinski definition) is 2. The van der Waals surface area contributed by atoms with Crippen LogP contribution in [0.3, 0.4) is 0 Å². The van der Waals surface area contributed by atoms with Gasteiger partial charge in [-0.2, -0.15) is 0 Å². The Hall–Kier alpha value is -2.28. The normalized spacial score (nSPS) is 11.2. The van der Waals surface area contributed by atoms with Gasteiger partial charge < -0.3 is 10.1 Å². The van der Waals surface area contributed by atoms with Crippen LogP contribution in [0.2, 0.25) is 0 Å². The summed E-state index contributed by atoms with van der Waals surface area (Å²) in [5.41, 5.74) is 2.71. The van der Waals surface area contributed by atoms with Crippen LogP contribution in [0.25, 0.3) is 0 Å². The number of aromatic nitrogens is 1. The summed E-state index contributed by atoms with van der Waals surface area (Å²) in [5, 5.41) is 3.24. The molecule has 6 nitrogen and oxygen atoms in total. The fourth-order valence-electron chi connectivity index (χ4n) is 2.29. The summed E-state index contributed by atoms with van der Waals surface area (Å²) in [6.07, 6.45) is 3.79. The lowest BCUT2D eigenvalue weighted by atomic mass is 10.1. The second kappa shape index (κ2) is 8.20. The van der Waals surface area contributed by atoms with E-state index in [0.29, 0.717) is 5.75 Å². The maximum atomic E-state index is 12.7. The molecule has 2 N–H and O–H groups in total. The van der Waals surface area contributed by atoms with Gasteiger partial charge in [-0.15, -0.1) is 0 Å². The molecule has 1 heterocycles. The third-order valence-corrected chi connectivity index (χ3v) is 5.31. The molecule has 0 bridgehead atoms. The molecule has 1 aromatic carbocycles. The first-order valence-corrected chi connectivity index (χ1v) is 9.73. The molecule has 1 aromatic heterocycles. The largest absolute Gasteiger partial charge is 0.495 e. The quantitative estimate of drug-likeness (QED) is 0.699. The average Bonchev–Trinajstić information content (AvgIpc) is 2.58. The van der Waals surface area contributed by atoms with Crippen LogP contribution in [-0.2, 0) is 10.0 Å². The highest BCUT2D eigenvalue weighted by atomic mass is 32.2. The average molecular weight is 363 g/mol. The van der Waals surface area contributed by atoms with Gasteiger partial charge in [0, 0.05) is 6.54 Å². The molecule has 0 radical (unpaired) electrons. The molecule has 0 saturated carbocycles. The Bertz CT molecular complexity index is 818. The standard InChI is InChI=1S/C18H25N3O3S/c1-5-6-9-19-15-7-8-18(20-12-15)21-25(22,23)17-11-14(3)13(2)10-16(17)24-4/h7-8,10-12,19H,5-6,9H2,1-4H3,(H,20,21). The minimum absolute atomic E-state index is 0.102. The van der Waals surface area contributed by atoms with Gasteiger partial charge in [-0.3, -0.25) is 4.72 Å². The van der Waals surface area contributed by atoms with Gasteiger partial charge in [0.15, 0.2) is 0 Å². The van der Waals surface area contributed by atoms with Crippen LogP contribution in [0, 0.1) is 13.8 Å². The van der Waals surface area contributed by atoms with Gasteiger partial charge in [-0.25, -0.2) is 13.4 Å². The van der Waals surface area contributed by atoms with E-state index in [1.165, 1.54) is 7.11 Å². The molecule has 0 aliphatic carbocycles. The Morgan fingerprint density at radius 2 is 1.88 bits per heavy atom. The van der Waals surface area contributed by atoms with E-state index in [1.807, 2.05) is 13.8 Å². The van der Waals surface area contributed by atoms with Gasteiger partial charge in [0.2, 0.25) is 0 Å². The molecule has 0 aliphatic heterocycles. The number of ether oxygens (including phenoxy) is 1. The number of sulfonamides is 1. The highest BCUT2D eigenvalue weighted by Gasteiger charge is 2.21. The minimum Gasteiger partial charge on any atom is -0.495 e. The summed E-state index contributed by atoms with van der Waals surface area (Å²) in [6.45, 7) is 6.76. The molecule has 0 saturated heterocycles. The first-order valence-electron chi connectivity index (χ1n) is 8.25. The number of unbranched alkanes of at least 4 members (excludes halogenated alkanes) is 1. The summed E-state index contributed by atoms with van der Waals surface area (Å²) in [4.78, 5) is 4.27. The van der Waals surface area contributed by atoms with Gasteiger partial charge in [0.1, 0.15) is 16.5 Å². The van der Waals surface area contributed by atoms with E-state index >= 15 is 0 Å². The number of nitrogens with one attached hydrogen (secondary N) is 2. The second-order valence-corrected chi connectivity index (χ2v) is 7.56. The Kier molecular flexibility index (Phi) is 6.25. The zero-order valence-corrected chi connectivity index (χ0v) is 15.9. The van der Waals surface area contributed by atoms with Gasteiger partial charge >= 0.3 is 0 Å². The molecule has 0 spiro atoms. The first-order chi connectivity index (χ1) is 11.9. The third kappa shape index (κ3) is 4.85. The van der Waals surface area contributed by atoms with Crippen LogP contribution in [-0.4, -0.2) is 27.1 Å². The highest BCUT2D eigenvalue weighted by Crippen LogP contribution is 2.28. The van der Waals surface area contributed by atoms with Gasteiger partial charge in [-0.1, -0.05) is 13.3 Å². The highest BCUT2D eigenvalue weighted by molar-refractivity contribution is 7.92. The zero-order chi connectivity index (χ0) is 18.4. The van der Waals surface area contributed by atoms with E-state index < -0.39 is 10.0 Å². The van der Waals surface area contributed by atoms with Crippen LogP contribution in [0.1, 0.15) is 30.9 Å². The molecule has 25 heavy (non-hydrogen) atoms. The fraction of sp³-hybridized carbons (Fsp3) is 0.389. The van der Waals surface area contributed by atoms with Gasteiger partial charge in [0.05, 0.1) is 19.0 Å². The Balaban J connectivity index is 2.20. The summed E-state index contributed by atoms with van der Waals surface area (Å²) in [6, 6.07) is 6.77. The number of anilines is 2. The molecule has 7 heteroatoms. The summed E-state index contributed by atoms with van der Waals surface area (Å²) in [5.74, 6) is 0.578. The minimum atomic E-state index is -3.79. The molecular weight excluding hydrogens is 338 g/mol. The van der Waals surface area contributed by atoms with Crippen molar-refractivity contribution in [3.8, 4) is 5.75 Å². The van der Waals surface area contributed by atoms with Crippen LogP contribution >= 0.6 is 0 Å². The van der Waals surface area contributed by atoms with Crippen LogP contribution < -0.4 is 14.8 Å². The van der Waals surface area contributed by atoms with Crippen molar-refractivity contribution in [2.75, 3.05) is 23.7 Å². The number of aryl methyl sites for hydroxylation is 2. The van der Waals surface area contributed by atoms with Crippen molar-refractivity contribution < 1.29 is 13.2 Å². The maximum Gasteiger partial charge on any atom is 0.266 e. The molecule has 0 unspecified atom stereocenters. The van der Waals surface area contributed by atoms with Crippen LogP contribution in [0.15, 0.2) is 35.4 Å². The lowest BCUT2D eigenvalue weighted by molar-refractivity contribution is 0.402. The smallest absolute Gasteiger partial charge is 0.266 e. The topological polar surface area (TPSA) is 80.3 Å². The number of pyridine rings is 1. The van der Waals surface area contributed by atoms with Crippen molar-refractivity contribution in [3.63, 3.8) is 0 Å². The van der Waals surface area contributed by atoms with Crippen molar-refractivity contribution in [3.05, 3.63) is 41.6 Å². The zero-order valence-electron chi connectivity index (χ0n) is 15.1. The van der Waals surface area contributed by atoms with Gasteiger partial charge in [-0.05, 0) is 55.7 Å². The lowest BCUT2D eigenvalue weighted by Gasteiger charge is -2.13. The molecule has 0 amide bonds. The van der Waals surface area contributed by atoms with Crippen molar-refractivity contribution >= 4 is 21.5 Å². The molecular formula is C18H25N3O3S. The number of nitrogens with zero attached hydrogens (tertiary/aromatic N) is 1. The number of hydrogen-bond acceptors (Lipinski definition) is 5. The monoisotopic (exact) mass is 363 g/mol. The number of methoxy groups -OCH3 is 1. The Morgan fingerprint density at radius 1 is 1.16 bits per heavy atom. The summed E-state index contributed by atoms with van der Waals surface area (Å²) < 4.78 is 33.1. The molecule has 0 aliphatic rings. The molecule has 136 valence electrons. The number of benzene rings is 1. The Morgan fingerprint density at radius 3 is 2.48 bits per heavy atom. The van der Waals surface area contributed by atoms with Crippen LogP contribution in [0.5, 0.6) is 5.75 Å². The van der Waals surface area contributed by atoms with E-state index in [9.17, 15) is 8.42 Å². The van der Waals surface area contributed by atoms with E-state index in [1.54, 1.807) is 30.5 Å². The Labute approximate surface area is 149 Å². The van der Waals surface area contributed by atoms with E-state index in [4.69, 9.17) is 4.74 Å². The lowest BCUT2D eigenvalue weighted by Crippen LogP contribution is -2.15.